The zero-order valence-corrected chi connectivity index (χ0v) is 5.89. The van der Waals surface area contributed by atoms with E-state index in [1.807, 2.05) is 7.05 Å². The van der Waals surface area contributed by atoms with E-state index in [2.05, 4.69) is 18.7 Å². The van der Waals surface area contributed by atoms with Crippen molar-refractivity contribution in [2.45, 2.75) is 19.9 Å². The molecule has 0 rings (SSSR count). The molecule has 0 aromatic rings. The van der Waals surface area contributed by atoms with E-state index in [0.29, 0.717) is 6.04 Å². The monoisotopic (exact) mass is 117 g/mol. The molecule has 0 unspecified atom stereocenters. The van der Waals surface area contributed by atoms with E-state index in [-0.39, 0.29) is 6.61 Å². The maximum Gasteiger partial charge on any atom is 0.0558 e. The topological polar surface area (TPSA) is 23.5 Å². The summed E-state index contributed by atoms with van der Waals surface area (Å²) in [7, 11) is 2.00. The number of nitrogens with zero attached hydrogens (tertiary/aromatic N) is 1. The van der Waals surface area contributed by atoms with Gasteiger partial charge in [-0.1, -0.05) is 0 Å². The van der Waals surface area contributed by atoms with Gasteiger partial charge in [0.1, 0.15) is 0 Å². The molecule has 2 nitrogen and oxygen atoms in total. The number of likely N-dealkylation sites (N-methyl/N-ethyl adjacent to an activating group) is 1. The van der Waals surface area contributed by atoms with Crippen LogP contribution in [0.5, 0.6) is 0 Å². The van der Waals surface area contributed by atoms with Crippen molar-refractivity contribution < 1.29 is 5.11 Å². The minimum absolute atomic E-state index is 0.259. The summed E-state index contributed by atoms with van der Waals surface area (Å²) in [4.78, 5) is 2.10. The Morgan fingerprint density at radius 1 is 1.50 bits per heavy atom. The van der Waals surface area contributed by atoms with Crippen LogP contribution in [0.1, 0.15) is 13.8 Å². The van der Waals surface area contributed by atoms with E-state index >= 15 is 0 Å². The molecule has 1 N–H and O–H groups in total. The van der Waals surface area contributed by atoms with Crippen LogP contribution in [0.15, 0.2) is 0 Å². The fourth-order valence-electron chi connectivity index (χ4n) is 0.416. The normalized spacial score (nSPS) is 11.2. The van der Waals surface area contributed by atoms with Gasteiger partial charge in [0, 0.05) is 12.6 Å². The summed E-state index contributed by atoms with van der Waals surface area (Å²) in [6.45, 7) is 5.25. The van der Waals surface area contributed by atoms with Crippen LogP contribution >= 0.6 is 0 Å². The lowest BCUT2D eigenvalue weighted by molar-refractivity contribution is 0.195. The van der Waals surface area contributed by atoms with E-state index in [0.717, 1.165) is 6.54 Å². The van der Waals surface area contributed by atoms with Crippen LogP contribution in [-0.2, 0) is 0 Å². The lowest BCUT2D eigenvalue weighted by Crippen LogP contribution is -2.28. The molecule has 0 aliphatic heterocycles. The van der Waals surface area contributed by atoms with Crippen LogP contribution in [-0.4, -0.2) is 36.2 Å². The number of aliphatic hydroxyl groups excluding tert-OH is 1. The highest BCUT2D eigenvalue weighted by Crippen LogP contribution is 1.89. The standard InChI is InChI=1S/C6H15NO/c1-6(2)7(3)4-5-8/h6,8H,4-5H2,1-3H3. The highest BCUT2D eigenvalue weighted by molar-refractivity contribution is 4.53. The van der Waals surface area contributed by atoms with Gasteiger partial charge in [-0.05, 0) is 20.9 Å². The van der Waals surface area contributed by atoms with Crippen molar-refractivity contribution in [3.8, 4) is 0 Å². The molecule has 0 aliphatic carbocycles. The Morgan fingerprint density at radius 3 is 2.12 bits per heavy atom. The fraction of sp³-hybridized carbons (Fsp3) is 1.00. The van der Waals surface area contributed by atoms with Gasteiger partial charge in [0.05, 0.1) is 6.61 Å². The first-order valence-electron chi connectivity index (χ1n) is 2.99. The molecule has 0 aromatic heterocycles. The molecular weight excluding hydrogens is 102 g/mol. The molecule has 0 spiro atoms. The van der Waals surface area contributed by atoms with Crippen LogP contribution in [0, 0.1) is 0 Å². The summed E-state index contributed by atoms with van der Waals surface area (Å²) in [5, 5.41) is 8.44. The molecule has 0 heterocycles. The van der Waals surface area contributed by atoms with Gasteiger partial charge in [0.15, 0.2) is 0 Å². The third kappa shape index (κ3) is 2.99. The van der Waals surface area contributed by atoms with Crippen molar-refractivity contribution >= 4 is 0 Å². The van der Waals surface area contributed by atoms with Crippen molar-refractivity contribution in [1.29, 1.82) is 0 Å². The maximum atomic E-state index is 8.44. The molecule has 8 heavy (non-hydrogen) atoms. The molecule has 0 atom stereocenters. The summed E-state index contributed by atoms with van der Waals surface area (Å²) in [5.74, 6) is 0. The Bertz CT molecular complexity index is 54.5. The van der Waals surface area contributed by atoms with Crippen molar-refractivity contribution in [3.63, 3.8) is 0 Å². The summed E-state index contributed by atoms with van der Waals surface area (Å²) < 4.78 is 0. The van der Waals surface area contributed by atoms with Crippen molar-refractivity contribution in [3.05, 3.63) is 0 Å². The number of aliphatic hydroxyl groups is 1. The lowest BCUT2D eigenvalue weighted by Gasteiger charge is -2.18. The van der Waals surface area contributed by atoms with Gasteiger partial charge in [0.2, 0.25) is 0 Å². The van der Waals surface area contributed by atoms with Gasteiger partial charge >= 0.3 is 0 Å². The van der Waals surface area contributed by atoms with Gasteiger partial charge < -0.3 is 10.0 Å². The maximum absolute atomic E-state index is 8.44. The minimum Gasteiger partial charge on any atom is -0.395 e. The van der Waals surface area contributed by atoms with E-state index in [9.17, 15) is 0 Å². The van der Waals surface area contributed by atoms with Crippen molar-refractivity contribution in [1.82, 2.24) is 4.90 Å². The second-order valence-electron chi connectivity index (χ2n) is 2.30. The molecule has 0 amide bonds. The molecule has 2 heteroatoms. The third-order valence-electron chi connectivity index (χ3n) is 1.33. The zero-order chi connectivity index (χ0) is 6.57. The minimum atomic E-state index is 0.259. The third-order valence-corrected chi connectivity index (χ3v) is 1.33. The Labute approximate surface area is 51.1 Å². The Balaban J connectivity index is 3.17. The van der Waals surface area contributed by atoms with Crippen molar-refractivity contribution in [2.75, 3.05) is 20.2 Å². The summed E-state index contributed by atoms with van der Waals surface area (Å²) in [6.07, 6.45) is 0. The molecule has 0 saturated heterocycles. The second-order valence-corrected chi connectivity index (χ2v) is 2.30. The molecule has 0 fully saturated rings. The quantitative estimate of drug-likeness (QED) is 0.575. The predicted octanol–water partition coefficient (Wildman–Crippen LogP) is 0.319. The SMILES string of the molecule is CC(C)N(C)CCO. The fourth-order valence-corrected chi connectivity index (χ4v) is 0.416. The van der Waals surface area contributed by atoms with Gasteiger partial charge in [-0.25, -0.2) is 0 Å². The molecule has 0 aliphatic rings. The largest absolute Gasteiger partial charge is 0.395 e. The highest BCUT2D eigenvalue weighted by atomic mass is 16.3. The van der Waals surface area contributed by atoms with Crippen LogP contribution in [0.3, 0.4) is 0 Å². The lowest BCUT2D eigenvalue weighted by atomic mass is 10.3. The van der Waals surface area contributed by atoms with Crippen LogP contribution in [0.2, 0.25) is 0 Å². The highest BCUT2D eigenvalue weighted by Gasteiger charge is 1.98. The Hall–Kier alpha value is -0.0800. The molecular formula is C6H15NO. The van der Waals surface area contributed by atoms with Gasteiger partial charge in [-0.2, -0.15) is 0 Å². The smallest absolute Gasteiger partial charge is 0.0558 e. The number of hydrogen-bond acceptors (Lipinski definition) is 2. The van der Waals surface area contributed by atoms with Gasteiger partial charge in [-0.3, -0.25) is 0 Å². The van der Waals surface area contributed by atoms with E-state index in [1.54, 1.807) is 0 Å². The van der Waals surface area contributed by atoms with Crippen molar-refractivity contribution in [2.24, 2.45) is 0 Å². The first kappa shape index (κ1) is 7.92. The Kier molecular flexibility index (Phi) is 3.83. The molecule has 0 radical (unpaired) electrons. The molecule has 0 bridgehead atoms. The van der Waals surface area contributed by atoms with Gasteiger partial charge in [0.25, 0.3) is 0 Å². The van der Waals surface area contributed by atoms with E-state index in [1.165, 1.54) is 0 Å². The van der Waals surface area contributed by atoms with E-state index < -0.39 is 0 Å². The second kappa shape index (κ2) is 3.87. The Morgan fingerprint density at radius 2 is 2.00 bits per heavy atom. The first-order valence-corrected chi connectivity index (χ1v) is 2.99. The number of rotatable bonds is 3. The predicted molar refractivity (Wildman–Crippen MR) is 34.9 cm³/mol. The number of hydrogen-bond donors (Lipinski definition) is 1. The molecule has 50 valence electrons. The zero-order valence-electron chi connectivity index (χ0n) is 5.89. The average molecular weight is 117 g/mol. The average Bonchev–Trinajstić information content (AvgIpc) is 1.67. The van der Waals surface area contributed by atoms with E-state index in [4.69, 9.17) is 5.11 Å². The summed E-state index contributed by atoms with van der Waals surface area (Å²) >= 11 is 0. The van der Waals surface area contributed by atoms with Crippen LogP contribution in [0.4, 0.5) is 0 Å². The van der Waals surface area contributed by atoms with Crippen LogP contribution in [0.25, 0.3) is 0 Å². The van der Waals surface area contributed by atoms with Crippen LogP contribution < -0.4 is 0 Å². The first-order chi connectivity index (χ1) is 3.68. The van der Waals surface area contributed by atoms with Gasteiger partial charge in [-0.15, -0.1) is 0 Å². The molecule has 0 saturated carbocycles. The summed E-state index contributed by atoms with van der Waals surface area (Å²) in [6, 6.07) is 0.544. The summed E-state index contributed by atoms with van der Waals surface area (Å²) in [5.41, 5.74) is 0. The molecule has 0 aromatic carbocycles.